The second kappa shape index (κ2) is 3.06. The number of nitrogens with one attached hydrogen (secondary N) is 1. The minimum atomic E-state index is 0.409. The zero-order valence-corrected chi connectivity index (χ0v) is 9.23. The number of benzene rings is 1. The normalized spacial score (nSPS) is 23.2. The van der Waals surface area contributed by atoms with Gasteiger partial charge in [-0.05, 0) is 30.0 Å². The molecule has 2 rings (SSSR count). The molecular formula is C11H15ClN2. The van der Waals surface area contributed by atoms with E-state index < -0.39 is 0 Å². The molecule has 1 unspecified atom stereocenters. The average Bonchev–Trinajstić information content (AvgIpc) is 2.65. The maximum absolute atomic E-state index is 5.84. The van der Waals surface area contributed by atoms with Crippen molar-refractivity contribution in [2.45, 2.75) is 26.3 Å². The Bertz CT molecular complexity index is 360. The molecule has 0 spiro atoms. The predicted octanol–water partition coefficient (Wildman–Crippen LogP) is 3.13. The molecule has 0 heterocycles. The Morgan fingerprint density at radius 3 is 2.64 bits per heavy atom. The Hall–Kier alpha value is -0.890. The van der Waals surface area contributed by atoms with Gasteiger partial charge in [-0.1, -0.05) is 25.4 Å². The highest BCUT2D eigenvalue weighted by Crippen LogP contribution is 2.47. The first-order valence-corrected chi connectivity index (χ1v) is 5.18. The van der Waals surface area contributed by atoms with Crippen molar-refractivity contribution in [2.24, 2.45) is 5.41 Å². The summed E-state index contributed by atoms with van der Waals surface area (Å²) in [5, 5.41) is 4.10. The van der Waals surface area contributed by atoms with Gasteiger partial charge in [-0.15, -0.1) is 0 Å². The Balaban J connectivity index is 2.11. The van der Waals surface area contributed by atoms with Gasteiger partial charge in [-0.2, -0.15) is 0 Å². The lowest BCUT2D eigenvalue weighted by Crippen LogP contribution is -2.09. The third-order valence-electron chi connectivity index (χ3n) is 2.86. The fourth-order valence-electron chi connectivity index (χ4n) is 1.57. The van der Waals surface area contributed by atoms with Gasteiger partial charge in [-0.25, -0.2) is 0 Å². The maximum Gasteiger partial charge on any atom is 0.0577 e. The number of anilines is 2. The Morgan fingerprint density at radius 2 is 2.14 bits per heavy atom. The molecule has 1 aromatic rings. The van der Waals surface area contributed by atoms with Gasteiger partial charge in [0.1, 0.15) is 0 Å². The van der Waals surface area contributed by atoms with Crippen molar-refractivity contribution >= 4 is 23.0 Å². The lowest BCUT2D eigenvalue weighted by Gasteiger charge is -2.10. The standard InChI is InChI=1S/C11H15ClN2/c1-11(2)6-10(11)14-9-4-3-7(12)5-8(9)13/h3-5,10,14H,6,13H2,1-2H3. The smallest absolute Gasteiger partial charge is 0.0577 e. The second-order valence-corrected chi connectivity index (χ2v) is 5.06. The van der Waals surface area contributed by atoms with Crippen molar-refractivity contribution in [2.75, 3.05) is 11.1 Å². The molecule has 1 aliphatic rings. The average molecular weight is 211 g/mol. The van der Waals surface area contributed by atoms with Crippen molar-refractivity contribution in [3.05, 3.63) is 23.2 Å². The van der Waals surface area contributed by atoms with Gasteiger partial charge in [-0.3, -0.25) is 0 Å². The van der Waals surface area contributed by atoms with Crippen molar-refractivity contribution in [3.63, 3.8) is 0 Å². The van der Waals surface area contributed by atoms with Crippen molar-refractivity contribution in [1.29, 1.82) is 0 Å². The first-order valence-electron chi connectivity index (χ1n) is 4.80. The lowest BCUT2D eigenvalue weighted by molar-refractivity contribution is 0.631. The highest BCUT2D eigenvalue weighted by atomic mass is 35.5. The molecule has 0 radical (unpaired) electrons. The van der Waals surface area contributed by atoms with Crippen LogP contribution >= 0.6 is 11.6 Å². The summed E-state index contributed by atoms with van der Waals surface area (Å²) in [6, 6.07) is 6.12. The number of nitrogens with two attached hydrogens (primary N) is 1. The molecule has 3 N–H and O–H groups in total. The van der Waals surface area contributed by atoms with E-state index in [1.807, 2.05) is 12.1 Å². The van der Waals surface area contributed by atoms with Crippen LogP contribution in [-0.2, 0) is 0 Å². The largest absolute Gasteiger partial charge is 0.397 e. The van der Waals surface area contributed by atoms with Gasteiger partial charge in [0, 0.05) is 11.1 Å². The van der Waals surface area contributed by atoms with Crippen LogP contribution in [0.25, 0.3) is 0 Å². The van der Waals surface area contributed by atoms with Crippen molar-refractivity contribution in [1.82, 2.24) is 0 Å². The lowest BCUT2D eigenvalue weighted by atomic mass is 10.2. The minimum Gasteiger partial charge on any atom is -0.397 e. The van der Waals surface area contributed by atoms with E-state index in [9.17, 15) is 0 Å². The van der Waals surface area contributed by atoms with E-state index in [2.05, 4.69) is 19.2 Å². The summed E-state index contributed by atoms with van der Waals surface area (Å²) in [5.41, 5.74) is 7.96. The topological polar surface area (TPSA) is 38.0 Å². The summed E-state index contributed by atoms with van der Waals surface area (Å²) in [4.78, 5) is 0. The number of nitrogen functional groups attached to an aromatic ring is 1. The van der Waals surface area contributed by atoms with Crippen LogP contribution in [0.3, 0.4) is 0 Å². The zero-order chi connectivity index (χ0) is 10.3. The van der Waals surface area contributed by atoms with Gasteiger partial charge < -0.3 is 11.1 Å². The van der Waals surface area contributed by atoms with E-state index in [1.54, 1.807) is 6.07 Å². The van der Waals surface area contributed by atoms with Crippen LogP contribution in [-0.4, -0.2) is 6.04 Å². The SMILES string of the molecule is CC1(C)CC1Nc1ccc(Cl)cc1N. The molecular weight excluding hydrogens is 196 g/mol. The van der Waals surface area contributed by atoms with E-state index in [4.69, 9.17) is 17.3 Å². The summed E-state index contributed by atoms with van der Waals surface area (Å²) in [6.45, 7) is 4.49. The molecule has 0 bridgehead atoms. The minimum absolute atomic E-state index is 0.409. The summed E-state index contributed by atoms with van der Waals surface area (Å²) in [6.07, 6.45) is 1.20. The van der Waals surface area contributed by atoms with Gasteiger partial charge in [0.15, 0.2) is 0 Å². The molecule has 76 valence electrons. The quantitative estimate of drug-likeness (QED) is 0.737. The molecule has 1 saturated carbocycles. The Labute approximate surface area is 89.4 Å². The van der Waals surface area contributed by atoms with Gasteiger partial charge in [0.25, 0.3) is 0 Å². The third-order valence-corrected chi connectivity index (χ3v) is 3.09. The highest BCUT2D eigenvalue weighted by molar-refractivity contribution is 6.31. The summed E-state index contributed by atoms with van der Waals surface area (Å²) >= 11 is 5.82. The first kappa shape index (κ1) is 9.66. The van der Waals surface area contributed by atoms with Crippen LogP contribution in [0.4, 0.5) is 11.4 Å². The monoisotopic (exact) mass is 210 g/mol. The van der Waals surface area contributed by atoms with E-state index >= 15 is 0 Å². The number of rotatable bonds is 2. The van der Waals surface area contributed by atoms with E-state index in [0.29, 0.717) is 16.5 Å². The van der Waals surface area contributed by atoms with Crippen molar-refractivity contribution < 1.29 is 0 Å². The molecule has 14 heavy (non-hydrogen) atoms. The molecule has 1 aliphatic carbocycles. The van der Waals surface area contributed by atoms with Crippen LogP contribution in [0.15, 0.2) is 18.2 Å². The summed E-state index contributed by atoms with van der Waals surface area (Å²) < 4.78 is 0. The van der Waals surface area contributed by atoms with Crippen LogP contribution in [0.2, 0.25) is 5.02 Å². The van der Waals surface area contributed by atoms with E-state index in [1.165, 1.54) is 6.42 Å². The molecule has 3 heteroatoms. The van der Waals surface area contributed by atoms with Gasteiger partial charge in [0.05, 0.1) is 11.4 Å². The van der Waals surface area contributed by atoms with E-state index in [0.717, 1.165) is 11.4 Å². The zero-order valence-electron chi connectivity index (χ0n) is 8.47. The van der Waals surface area contributed by atoms with Crippen LogP contribution in [0.5, 0.6) is 0 Å². The number of halogens is 1. The molecule has 0 saturated heterocycles. The molecule has 0 aliphatic heterocycles. The van der Waals surface area contributed by atoms with E-state index in [-0.39, 0.29) is 0 Å². The fourth-order valence-corrected chi connectivity index (χ4v) is 1.75. The molecule has 0 amide bonds. The van der Waals surface area contributed by atoms with Crippen molar-refractivity contribution in [3.8, 4) is 0 Å². The van der Waals surface area contributed by atoms with Gasteiger partial charge >= 0.3 is 0 Å². The summed E-state index contributed by atoms with van der Waals surface area (Å²) in [5.74, 6) is 0. The van der Waals surface area contributed by atoms with Crippen LogP contribution in [0.1, 0.15) is 20.3 Å². The molecule has 1 fully saturated rings. The highest BCUT2D eigenvalue weighted by Gasteiger charge is 2.45. The Kier molecular flexibility index (Phi) is 2.11. The fraction of sp³-hybridized carbons (Fsp3) is 0.455. The maximum atomic E-state index is 5.84. The predicted molar refractivity (Wildman–Crippen MR) is 61.7 cm³/mol. The second-order valence-electron chi connectivity index (χ2n) is 4.62. The Morgan fingerprint density at radius 1 is 1.50 bits per heavy atom. The number of hydrogen-bond donors (Lipinski definition) is 2. The van der Waals surface area contributed by atoms with Crippen LogP contribution < -0.4 is 11.1 Å². The molecule has 2 nitrogen and oxygen atoms in total. The molecule has 1 aromatic carbocycles. The molecule has 0 aromatic heterocycles. The third kappa shape index (κ3) is 1.80. The summed E-state index contributed by atoms with van der Waals surface area (Å²) in [7, 11) is 0. The van der Waals surface area contributed by atoms with Crippen LogP contribution in [0, 0.1) is 5.41 Å². The number of hydrogen-bond acceptors (Lipinski definition) is 2. The first-order chi connectivity index (χ1) is 6.49. The molecule has 1 atom stereocenters. The van der Waals surface area contributed by atoms with Gasteiger partial charge in [0.2, 0.25) is 0 Å².